The zero-order valence-electron chi connectivity index (χ0n) is 13.6. The normalized spacial score (nSPS) is 19.0. The van der Waals surface area contributed by atoms with E-state index in [0.29, 0.717) is 12.5 Å². The highest BCUT2D eigenvalue weighted by Gasteiger charge is 2.32. The average Bonchev–Trinajstić information content (AvgIpc) is 2.84. The number of carboxylic acids is 1. The predicted molar refractivity (Wildman–Crippen MR) is 82.3 cm³/mol. The summed E-state index contributed by atoms with van der Waals surface area (Å²) in [6, 6.07) is -1.31. The third-order valence-corrected chi connectivity index (χ3v) is 3.77. The van der Waals surface area contributed by atoms with Crippen LogP contribution in [0.15, 0.2) is 0 Å². The number of hydrogen-bond donors (Lipinski definition) is 3. The molecule has 1 aliphatic rings. The Morgan fingerprint density at radius 2 is 1.81 bits per heavy atom. The van der Waals surface area contributed by atoms with Crippen LogP contribution in [0.5, 0.6) is 0 Å². The molecule has 1 heterocycles. The van der Waals surface area contributed by atoms with Crippen molar-refractivity contribution in [3.8, 4) is 0 Å². The molecule has 1 saturated heterocycles. The maximum Gasteiger partial charge on any atom is 0.326 e. The van der Waals surface area contributed by atoms with E-state index < -0.39 is 23.5 Å². The van der Waals surface area contributed by atoms with E-state index >= 15 is 0 Å². The summed E-state index contributed by atoms with van der Waals surface area (Å²) in [5.41, 5.74) is -0.523. The third-order valence-electron chi connectivity index (χ3n) is 3.77. The molecular formula is C15H29N3O3. The highest BCUT2D eigenvalue weighted by Crippen LogP contribution is 2.19. The maximum atomic E-state index is 11.8. The first-order valence-electron chi connectivity index (χ1n) is 7.69. The number of carbonyl (C=O) groups excluding carboxylic acids is 1. The minimum atomic E-state index is -1.01. The molecule has 0 aromatic carbocycles. The number of rotatable bonds is 6. The fourth-order valence-electron chi connectivity index (χ4n) is 2.57. The lowest BCUT2D eigenvalue weighted by Gasteiger charge is -2.28. The minimum Gasteiger partial charge on any atom is -0.480 e. The van der Waals surface area contributed by atoms with Gasteiger partial charge in [-0.25, -0.2) is 9.59 Å². The van der Waals surface area contributed by atoms with Gasteiger partial charge in [0.2, 0.25) is 0 Å². The molecule has 1 rings (SSSR count). The highest BCUT2D eigenvalue weighted by molar-refractivity contribution is 5.83. The Morgan fingerprint density at radius 3 is 2.29 bits per heavy atom. The summed E-state index contributed by atoms with van der Waals surface area (Å²) in [7, 11) is 0. The summed E-state index contributed by atoms with van der Waals surface area (Å²) in [4.78, 5) is 25.5. The first kappa shape index (κ1) is 17.8. The van der Waals surface area contributed by atoms with Gasteiger partial charge in [-0.1, -0.05) is 27.7 Å². The van der Waals surface area contributed by atoms with E-state index in [9.17, 15) is 14.7 Å². The van der Waals surface area contributed by atoms with Gasteiger partial charge in [0.15, 0.2) is 0 Å². The molecule has 122 valence electrons. The van der Waals surface area contributed by atoms with Gasteiger partial charge in [0.05, 0.1) is 0 Å². The van der Waals surface area contributed by atoms with Crippen LogP contribution >= 0.6 is 0 Å². The van der Waals surface area contributed by atoms with Crippen LogP contribution in [-0.4, -0.2) is 54.2 Å². The molecule has 0 aromatic rings. The van der Waals surface area contributed by atoms with Crippen LogP contribution in [0.4, 0.5) is 4.79 Å². The quantitative estimate of drug-likeness (QED) is 0.694. The van der Waals surface area contributed by atoms with Gasteiger partial charge in [-0.05, 0) is 37.3 Å². The fraction of sp³-hybridized carbons (Fsp3) is 0.867. The van der Waals surface area contributed by atoms with Gasteiger partial charge in [-0.15, -0.1) is 0 Å². The van der Waals surface area contributed by atoms with Crippen molar-refractivity contribution >= 4 is 12.0 Å². The van der Waals surface area contributed by atoms with E-state index in [1.54, 1.807) is 20.8 Å². The summed E-state index contributed by atoms with van der Waals surface area (Å²) < 4.78 is 0. The summed E-state index contributed by atoms with van der Waals surface area (Å²) in [6.07, 6.45) is 2.51. The topological polar surface area (TPSA) is 81.7 Å². The summed E-state index contributed by atoms with van der Waals surface area (Å²) >= 11 is 0. The minimum absolute atomic E-state index is 0.353. The van der Waals surface area contributed by atoms with Crippen molar-refractivity contribution in [2.45, 2.75) is 46.6 Å². The van der Waals surface area contributed by atoms with E-state index in [1.807, 2.05) is 0 Å². The molecule has 3 N–H and O–H groups in total. The lowest BCUT2D eigenvalue weighted by molar-refractivity contribution is -0.141. The van der Waals surface area contributed by atoms with Gasteiger partial charge in [-0.2, -0.15) is 0 Å². The molecule has 1 unspecified atom stereocenters. The molecule has 0 radical (unpaired) electrons. The van der Waals surface area contributed by atoms with E-state index in [-0.39, 0.29) is 0 Å². The Labute approximate surface area is 127 Å². The second-order valence-electron chi connectivity index (χ2n) is 7.10. The van der Waals surface area contributed by atoms with Crippen molar-refractivity contribution in [1.29, 1.82) is 0 Å². The highest BCUT2D eigenvalue weighted by atomic mass is 16.4. The molecule has 1 aliphatic heterocycles. The van der Waals surface area contributed by atoms with Crippen LogP contribution in [0.2, 0.25) is 0 Å². The molecule has 2 amide bonds. The fourth-order valence-corrected chi connectivity index (χ4v) is 2.57. The maximum absolute atomic E-state index is 11.8. The molecule has 21 heavy (non-hydrogen) atoms. The predicted octanol–water partition coefficient (Wildman–Crippen LogP) is 1.52. The number of nitrogens with one attached hydrogen (secondary N) is 2. The van der Waals surface area contributed by atoms with Gasteiger partial charge in [-0.3, -0.25) is 0 Å². The SMILES string of the molecule is CC(CNC(=O)N[C@@H](C(=O)O)C(C)(C)C)CN1CCCC1. The van der Waals surface area contributed by atoms with Gasteiger partial charge >= 0.3 is 12.0 Å². The zero-order chi connectivity index (χ0) is 16.0. The smallest absolute Gasteiger partial charge is 0.326 e. The van der Waals surface area contributed by atoms with Crippen LogP contribution < -0.4 is 10.6 Å². The standard InChI is InChI=1S/C15H29N3O3/c1-11(10-18-7-5-6-8-18)9-16-14(21)17-12(13(19)20)15(2,3)4/h11-12H,5-10H2,1-4H3,(H,19,20)(H2,16,17,21)/t11?,12-/m0/s1. The number of likely N-dealkylation sites (tertiary alicyclic amines) is 1. The van der Waals surface area contributed by atoms with Crippen LogP contribution in [0.25, 0.3) is 0 Å². The van der Waals surface area contributed by atoms with Crippen molar-refractivity contribution in [3.63, 3.8) is 0 Å². The molecule has 0 saturated carbocycles. The Hall–Kier alpha value is -1.30. The van der Waals surface area contributed by atoms with Crippen molar-refractivity contribution in [2.24, 2.45) is 11.3 Å². The second kappa shape index (κ2) is 7.64. The van der Waals surface area contributed by atoms with Gasteiger partial charge in [0.25, 0.3) is 0 Å². The molecular weight excluding hydrogens is 270 g/mol. The van der Waals surface area contributed by atoms with E-state index in [4.69, 9.17) is 0 Å². The number of carbonyl (C=O) groups is 2. The zero-order valence-corrected chi connectivity index (χ0v) is 13.6. The van der Waals surface area contributed by atoms with Gasteiger partial charge < -0.3 is 20.6 Å². The van der Waals surface area contributed by atoms with Gasteiger partial charge in [0.1, 0.15) is 6.04 Å². The number of urea groups is 1. The summed E-state index contributed by atoms with van der Waals surface area (Å²) in [5, 5.41) is 14.5. The van der Waals surface area contributed by atoms with Crippen molar-refractivity contribution in [1.82, 2.24) is 15.5 Å². The van der Waals surface area contributed by atoms with Crippen molar-refractivity contribution < 1.29 is 14.7 Å². The summed E-state index contributed by atoms with van der Waals surface area (Å²) in [6.45, 7) is 11.3. The van der Waals surface area contributed by atoms with E-state index in [1.165, 1.54) is 12.8 Å². The van der Waals surface area contributed by atoms with Crippen LogP contribution in [-0.2, 0) is 4.79 Å². The van der Waals surface area contributed by atoms with Crippen LogP contribution in [0.1, 0.15) is 40.5 Å². The summed E-state index contributed by atoms with van der Waals surface area (Å²) in [5.74, 6) is -0.658. The molecule has 2 atom stereocenters. The number of carboxylic acid groups (broad SMARTS) is 1. The number of aliphatic carboxylic acids is 1. The lowest BCUT2D eigenvalue weighted by atomic mass is 9.87. The molecule has 6 nitrogen and oxygen atoms in total. The molecule has 0 spiro atoms. The largest absolute Gasteiger partial charge is 0.480 e. The first-order chi connectivity index (χ1) is 9.70. The second-order valence-corrected chi connectivity index (χ2v) is 7.10. The Bertz CT molecular complexity index is 360. The van der Waals surface area contributed by atoms with Crippen LogP contribution in [0.3, 0.4) is 0 Å². The lowest BCUT2D eigenvalue weighted by Crippen LogP contribution is -2.53. The molecule has 1 fully saturated rings. The Morgan fingerprint density at radius 1 is 1.24 bits per heavy atom. The van der Waals surface area contributed by atoms with E-state index in [0.717, 1.165) is 19.6 Å². The third kappa shape index (κ3) is 6.33. The number of amides is 2. The Balaban J connectivity index is 2.33. The molecule has 0 aliphatic carbocycles. The monoisotopic (exact) mass is 299 g/mol. The number of nitrogens with zero attached hydrogens (tertiary/aromatic N) is 1. The number of hydrogen-bond acceptors (Lipinski definition) is 3. The first-order valence-corrected chi connectivity index (χ1v) is 7.69. The molecule has 0 aromatic heterocycles. The average molecular weight is 299 g/mol. The Kier molecular flexibility index (Phi) is 6.45. The van der Waals surface area contributed by atoms with Crippen molar-refractivity contribution in [2.75, 3.05) is 26.2 Å². The molecule has 0 bridgehead atoms. The van der Waals surface area contributed by atoms with E-state index in [2.05, 4.69) is 22.5 Å². The van der Waals surface area contributed by atoms with Crippen molar-refractivity contribution in [3.05, 3.63) is 0 Å². The van der Waals surface area contributed by atoms with Gasteiger partial charge in [0, 0.05) is 13.1 Å². The van der Waals surface area contributed by atoms with Crippen LogP contribution in [0, 0.1) is 11.3 Å². The molecule has 6 heteroatoms.